The quantitative estimate of drug-likeness (QED) is 0.563. The summed E-state index contributed by atoms with van der Waals surface area (Å²) in [6.45, 7) is 6.79. The van der Waals surface area contributed by atoms with Crippen LogP contribution in [0.25, 0.3) is 0 Å². The highest BCUT2D eigenvalue weighted by molar-refractivity contribution is 5.23. The highest BCUT2D eigenvalue weighted by Gasteiger charge is 2.08. The van der Waals surface area contributed by atoms with Crippen LogP contribution in [0.15, 0.2) is 23.3 Å². The van der Waals surface area contributed by atoms with Crippen LogP contribution in [0.4, 0.5) is 0 Å². The summed E-state index contributed by atoms with van der Waals surface area (Å²) in [5.41, 5.74) is 3.16. The van der Waals surface area contributed by atoms with E-state index in [-0.39, 0.29) is 0 Å². The molecule has 0 heteroatoms. The summed E-state index contributed by atoms with van der Waals surface area (Å²) in [7, 11) is 0. The van der Waals surface area contributed by atoms with Crippen molar-refractivity contribution in [2.24, 2.45) is 5.92 Å². The van der Waals surface area contributed by atoms with Gasteiger partial charge in [-0.1, -0.05) is 37.1 Å². The highest BCUT2D eigenvalue weighted by atomic mass is 14.1. The molecule has 0 saturated carbocycles. The third-order valence-corrected chi connectivity index (χ3v) is 2.64. The fraction of sp³-hybridized carbons (Fsp3) is 0.636. The largest absolute Gasteiger partial charge is 0.0730 e. The van der Waals surface area contributed by atoms with Crippen LogP contribution in [-0.4, -0.2) is 0 Å². The smallest absolute Gasteiger partial charge is 0.0231 e. The molecule has 0 aromatic rings. The zero-order chi connectivity index (χ0) is 8.27. The van der Waals surface area contributed by atoms with Crippen molar-refractivity contribution in [2.45, 2.75) is 40.0 Å². The van der Waals surface area contributed by atoms with E-state index in [2.05, 4.69) is 32.9 Å². The Labute approximate surface area is 70.0 Å². The molecule has 0 aliphatic heterocycles. The SMILES string of the molecule is CCC(C)C1=CC=C(C)CC1. The molecule has 0 fully saturated rings. The maximum absolute atomic E-state index is 2.32. The van der Waals surface area contributed by atoms with Crippen molar-refractivity contribution in [3.05, 3.63) is 23.3 Å². The van der Waals surface area contributed by atoms with Crippen LogP contribution in [0.1, 0.15) is 40.0 Å². The van der Waals surface area contributed by atoms with Crippen molar-refractivity contribution in [3.63, 3.8) is 0 Å². The average molecular weight is 150 g/mol. The van der Waals surface area contributed by atoms with Gasteiger partial charge < -0.3 is 0 Å². The lowest BCUT2D eigenvalue weighted by Crippen LogP contribution is -2.00. The van der Waals surface area contributed by atoms with E-state index in [4.69, 9.17) is 0 Å². The van der Waals surface area contributed by atoms with E-state index < -0.39 is 0 Å². The standard InChI is InChI=1S/C11H18/c1-4-10(3)11-7-5-9(2)6-8-11/h5,7,10H,4,6,8H2,1-3H3. The molecule has 0 bridgehead atoms. The van der Waals surface area contributed by atoms with Crippen LogP contribution in [0, 0.1) is 5.92 Å². The number of hydrogen-bond donors (Lipinski definition) is 0. The van der Waals surface area contributed by atoms with Gasteiger partial charge in [0.25, 0.3) is 0 Å². The van der Waals surface area contributed by atoms with Crippen LogP contribution < -0.4 is 0 Å². The zero-order valence-corrected chi connectivity index (χ0v) is 7.85. The van der Waals surface area contributed by atoms with E-state index in [9.17, 15) is 0 Å². The molecule has 0 spiro atoms. The van der Waals surface area contributed by atoms with E-state index in [1.54, 1.807) is 5.57 Å². The maximum atomic E-state index is 2.32. The van der Waals surface area contributed by atoms with Crippen molar-refractivity contribution >= 4 is 0 Å². The molecule has 0 amide bonds. The Balaban J connectivity index is 2.60. The molecule has 0 radical (unpaired) electrons. The summed E-state index contributed by atoms with van der Waals surface area (Å²) in [6.07, 6.45) is 8.42. The van der Waals surface area contributed by atoms with Gasteiger partial charge in [0.2, 0.25) is 0 Å². The molecule has 1 aliphatic carbocycles. The molecule has 1 atom stereocenters. The minimum Gasteiger partial charge on any atom is -0.0730 e. The molecule has 0 N–H and O–H groups in total. The number of allylic oxidation sites excluding steroid dienone is 4. The molecule has 62 valence electrons. The van der Waals surface area contributed by atoms with E-state index in [1.165, 1.54) is 24.8 Å². The first-order valence-corrected chi connectivity index (χ1v) is 4.60. The fourth-order valence-electron chi connectivity index (χ4n) is 1.43. The van der Waals surface area contributed by atoms with E-state index >= 15 is 0 Å². The molecular weight excluding hydrogens is 132 g/mol. The van der Waals surface area contributed by atoms with Crippen LogP contribution in [-0.2, 0) is 0 Å². The van der Waals surface area contributed by atoms with Crippen molar-refractivity contribution in [3.8, 4) is 0 Å². The Morgan fingerprint density at radius 2 is 2.09 bits per heavy atom. The van der Waals surface area contributed by atoms with Gasteiger partial charge in [-0.3, -0.25) is 0 Å². The first-order chi connectivity index (χ1) is 5.24. The molecule has 1 aliphatic rings. The van der Waals surface area contributed by atoms with Gasteiger partial charge in [-0.05, 0) is 32.1 Å². The summed E-state index contributed by atoms with van der Waals surface area (Å²) < 4.78 is 0. The highest BCUT2D eigenvalue weighted by Crippen LogP contribution is 2.25. The monoisotopic (exact) mass is 150 g/mol. The van der Waals surface area contributed by atoms with Gasteiger partial charge in [-0.25, -0.2) is 0 Å². The molecule has 0 saturated heterocycles. The van der Waals surface area contributed by atoms with E-state index in [0.29, 0.717) is 0 Å². The third kappa shape index (κ3) is 2.21. The molecule has 1 rings (SSSR count). The number of rotatable bonds is 2. The second-order valence-electron chi connectivity index (χ2n) is 3.56. The van der Waals surface area contributed by atoms with Crippen LogP contribution in [0.5, 0.6) is 0 Å². The van der Waals surface area contributed by atoms with E-state index in [0.717, 1.165) is 5.92 Å². The molecule has 0 heterocycles. The molecule has 0 aromatic carbocycles. The van der Waals surface area contributed by atoms with Crippen molar-refractivity contribution in [1.82, 2.24) is 0 Å². The normalized spacial score (nSPS) is 20.6. The topological polar surface area (TPSA) is 0 Å². The molecule has 0 nitrogen and oxygen atoms in total. The van der Waals surface area contributed by atoms with Crippen molar-refractivity contribution in [2.75, 3.05) is 0 Å². The fourth-order valence-corrected chi connectivity index (χ4v) is 1.43. The van der Waals surface area contributed by atoms with Gasteiger partial charge in [0.1, 0.15) is 0 Å². The summed E-state index contributed by atoms with van der Waals surface area (Å²) in [4.78, 5) is 0. The lowest BCUT2D eigenvalue weighted by atomic mass is 9.89. The molecule has 1 unspecified atom stereocenters. The van der Waals surface area contributed by atoms with Crippen molar-refractivity contribution < 1.29 is 0 Å². The third-order valence-electron chi connectivity index (χ3n) is 2.64. The Hall–Kier alpha value is -0.520. The second kappa shape index (κ2) is 3.75. The molecule has 0 aromatic heterocycles. The summed E-state index contributed by atoms with van der Waals surface area (Å²) >= 11 is 0. The lowest BCUT2D eigenvalue weighted by Gasteiger charge is -2.17. The molecular formula is C11H18. The van der Waals surface area contributed by atoms with E-state index in [1.807, 2.05) is 0 Å². The Morgan fingerprint density at radius 1 is 1.36 bits per heavy atom. The predicted octanol–water partition coefficient (Wildman–Crippen LogP) is 3.70. The van der Waals surface area contributed by atoms with Gasteiger partial charge >= 0.3 is 0 Å². The first kappa shape index (κ1) is 8.58. The van der Waals surface area contributed by atoms with Gasteiger partial charge in [0.05, 0.1) is 0 Å². The summed E-state index contributed by atoms with van der Waals surface area (Å²) in [5.74, 6) is 0.791. The first-order valence-electron chi connectivity index (χ1n) is 4.60. The van der Waals surface area contributed by atoms with Gasteiger partial charge in [-0.15, -0.1) is 0 Å². The van der Waals surface area contributed by atoms with Crippen molar-refractivity contribution in [1.29, 1.82) is 0 Å². The summed E-state index contributed by atoms with van der Waals surface area (Å²) in [5, 5.41) is 0. The Bertz CT molecular complexity index is 184. The van der Waals surface area contributed by atoms with Gasteiger partial charge in [0, 0.05) is 0 Å². The minimum absolute atomic E-state index is 0.791. The zero-order valence-electron chi connectivity index (χ0n) is 7.85. The van der Waals surface area contributed by atoms with Crippen LogP contribution in [0.3, 0.4) is 0 Å². The Kier molecular flexibility index (Phi) is 2.92. The van der Waals surface area contributed by atoms with Crippen LogP contribution >= 0.6 is 0 Å². The molecule has 11 heavy (non-hydrogen) atoms. The lowest BCUT2D eigenvalue weighted by molar-refractivity contribution is 0.617. The minimum atomic E-state index is 0.791. The van der Waals surface area contributed by atoms with Crippen LogP contribution in [0.2, 0.25) is 0 Å². The van der Waals surface area contributed by atoms with Gasteiger partial charge in [-0.2, -0.15) is 0 Å². The second-order valence-corrected chi connectivity index (χ2v) is 3.56. The maximum Gasteiger partial charge on any atom is -0.0231 e. The Morgan fingerprint density at radius 3 is 2.55 bits per heavy atom. The summed E-state index contributed by atoms with van der Waals surface area (Å²) in [6, 6.07) is 0. The average Bonchev–Trinajstić information content (AvgIpc) is 2.05. The number of hydrogen-bond acceptors (Lipinski definition) is 0. The predicted molar refractivity (Wildman–Crippen MR) is 50.5 cm³/mol. The van der Waals surface area contributed by atoms with Gasteiger partial charge in [0.15, 0.2) is 0 Å².